The number of pyridine rings is 2. The fourth-order valence-corrected chi connectivity index (χ4v) is 5.38. The van der Waals surface area contributed by atoms with Gasteiger partial charge in [-0.2, -0.15) is 0 Å². The number of para-hydroxylation sites is 1. The molecular formula is C28H30N8O. The van der Waals surface area contributed by atoms with Crippen molar-refractivity contribution in [3.8, 4) is 17.2 Å². The van der Waals surface area contributed by atoms with Gasteiger partial charge in [0.25, 0.3) is 5.91 Å². The van der Waals surface area contributed by atoms with Crippen molar-refractivity contribution in [2.75, 3.05) is 23.4 Å². The first kappa shape index (κ1) is 23.3. The predicted octanol–water partition coefficient (Wildman–Crippen LogP) is 3.90. The van der Waals surface area contributed by atoms with Crippen molar-refractivity contribution in [1.82, 2.24) is 30.0 Å². The topological polar surface area (TPSA) is 92.1 Å². The molecule has 1 saturated heterocycles. The van der Waals surface area contributed by atoms with Gasteiger partial charge in [-0.1, -0.05) is 24.3 Å². The number of nitrogens with one attached hydrogen (secondary N) is 1. The van der Waals surface area contributed by atoms with Gasteiger partial charge in [-0.3, -0.25) is 14.3 Å². The third kappa shape index (κ3) is 4.05. The lowest BCUT2D eigenvalue weighted by Crippen LogP contribution is -2.28. The maximum Gasteiger partial charge on any atom is 0.260 e. The van der Waals surface area contributed by atoms with E-state index >= 15 is 0 Å². The Morgan fingerprint density at radius 3 is 2.62 bits per heavy atom. The van der Waals surface area contributed by atoms with Gasteiger partial charge in [-0.15, -0.1) is 10.2 Å². The smallest absolute Gasteiger partial charge is 0.260 e. The van der Waals surface area contributed by atoms with Gasteiger partial charge in [-0.25, -0.2) is 9.97 Å². The molecule has 188 valence electrons. The summed E-state index contributed by atoms with van der Waals surface area (Å²) in [5.41, 5.74) is 4.21. The van der Waals surface area contributed by atoms with Crippen molar-refractivity contribution in [1.29, 1.82) is 0 Å². The first-order valence-corrected chi connectivity index (χ1v) is 12.8. The Bertz CT molecular complexity index is 1460. The van der Waals surface area contributed by atoms with Crippen LogP contribution in [0.25, 0.3) is 17.2 Å². The van der Waals surface area contributed by atoms with Gasteiger partial charge in [0, 0.05) is 30.4 Å². The number of carbonyl (C=O) groups is 1. The molecule has 0 bridgehead atoms. The molecule has 5 heterocycles. The second-order valence-electron chi connectivity index (χ2n) is 9.68. The molecule has 1 N–H and O–H groups in total. The van der Waals surface area contributed by atoms with Crippen LogP contribution in [-0.2, 0) is 13.1 Å². The summed E-state index contributed by atoms with van der Waals surface area (Å²) in [6, 6.07) is 18.1. The molecule has 0 aliphatic carbocycles. The molecule has 1 atom stereocenters. The third-order valence-corrected chi connectivity index (χ3v) is 7.26. The van der Waals surface area contributed by atoms with E-state index in [-0.39, 0.29) is 5.91 Å². The van der Waals surface area contributed by atoms with Crippen LogP contribution in [-0.4, -0.2) is 50.3 Å². The maximum atomic E-state index is 13.7. The largest absolute Gasteiger partial charge is 0.354 e. The number of anilines is 2. The SMILES string of the molecule is CNCc1nc(N2CCC[C@H]2C)cc2c1CN(c1cccc(-c3nnc(C)n3-c3ccccc3)n1)C2=O. The summed E-state index contributed by atoms with van der Waals surface area (Å²) in [6.07, 6.45) is 2.29. The minimum absolute atomic E-state index is 0.0480. The molecule has 3 aromatic heterocycles. The van der Waals surface area contributed by atoms with Crippen molar-refractivity contribution in [3.63, 3.8) is 0 Å². The Balaban J connectivity index is 1.37. The van der Waals surface area contributed by atoms with E-state index in [4.69, 9.17) is 9.97 Å². The number of amides is 1. The standard InChI is InChI=1S/C28H30N8O/c1-18-9-8-14-34(18)26-15-21-22(24(31-26)16-29-3)17-35(28(21)37)25-13-7-12-23(30-25)27-33-32-19(2)36(27)20-10-5-4-6-11-20/h4-7,10-13,15,18,29H,8-9,14,16-17H2,1-3H3/t18-/m1/s1. The lowest BCUT2D eigenvalue weighted by atomic mass is 10.1. The molecule has 0 radical (unpaired) electrons. The van der Waals surface area contributed by atoms with E-state index in [9.17, 15) is 4.79 Å². The number of benzene rings is 1. The molecule has 2 aliphatic heterocycles. The van der Waals surface area contributed by atoms with Crippen LogP contribution in [0.2, 0.25) is 0 Å². The van der Waals surface area contributed by atoms with Crippen molar-refractivity contribution < 1.29 is 4.79 Å². The zero-order valence-corrected chi connectivity index (χ0v) is 21.3. The number of carbonyl (C=O) groups excluding carboxylic acids is 1. The van der Waals surface area contributed by atoms with Crippen LogP contribution >= 0.6 is 0 Å². The fraction of sp³-hybridized carbons (Fsp3) is 0.321. The quantitative estimate of drug-likeness (QED) is 0.435. The molecule has 1 fully saturated rings. The highest BCUT2D eigenvalue weighted by atomic mass is 16.2. The summed E-state index contributed by atoms with van der Waals surface area (Å²) in [5, 5.41) is 11.9. The second kappa shape index (κ2) is 9.40. The molecule has 37 heavy (non-hydrogen) atoms. The summed E-state index contributed by atoms with van der Waals surface area (Å²) in [4.78, 5) is 27.6. The molecule has 1 amide bonds. The van der Waals surface area contributed by atoms with E-state index in [1.165, 1.54) is 0 Å². The van der Waals surface area contributed by atoms with E-state index in [1.807, 2.05) is 73.1 Å². The number of aromatic nitrogens is 5. The van der Waals surface area contributed by atoms with Crippen LogP contribution < -0.4 is 15.1 Å². The Hall–Kier alpha value is -4.11. The Morgan fingerprint density at radius 2 is 1.86 bits per heavy atom. The molecule has 1 aromatic carbocycles. The lowest BCUT2D eigenvalue weighted by Gasteiger charge is -2.24. The molecule has 9 heteroatoms. The second-order valence-corrected chi connectivity index (χ2v) is 9.68. The predicted molar refractivity (Wildman–Crippen MR) is 143 cm³/mol. The van der Waals surface area contributed by atoms with Gasteiger partial charge in [0.2, 0.25) is 0 Å². The van der Waals surface area contributed by atoms with Crippen LogP contribution in [0.5, 0.6) is 0 Å². The number of hydrogen-bond acceptors (Lipinski definition) is 7. The summed E-state index contributed by atoms with van der Waals surface area (Å²) >= 11 is 0. The molecule has 6 rings (SSSR count). The van der Waals surface area contributed by atoms with Crippen LogP contribution in [0.3, 0.4) is 0 Å². The number of fused-ring (bicyclic) bond motifs is 1. The number of rotatable bonds is 6. The summed E-state index contributed by atoms with van der Waals surface area (Å²) < 4.78 is 1.98. The highest BCUT2D eigenvalue weighted by molar-refractivity contribution is 6.10. The van der Waals surface area contributed by atoms with Crippen molar-refractivity contribution in [3.05, 3.63) is 77.2 Å². The lowest BCUT2D eigenvalue weighted by molar-refractivity contribution is 0.0996. The highest BCUT2D eigenvalue weighted by Crippen LogP contribution is 2.34. The highest BCUT2D eigenvalue weighted by Gasteiger charge is 2.34. The fourth-order valence-electron chi connectivity index (χ4n) is 5.38. The first-order valence-electron chi connectivity index (χ1n) is 12.8. The van der Waals surface area contributed by atoms with E-state index in [1.54, 1.807) is 4.90 Å². The van der Waals surface area contributed by atoms with Gasteiger partial charge in [0.1, 0.15) is 23.2 Å². The molecule has 0 unspecified atom stereocenters. The zero-order chi connectivity index (χ0) is 25.5. The minimum atomic E-state index is -0.0480. The average Bonchev–Trinajstić information content (AvgIpc) is 3.62. The Labute approximate surface area is 216 Å². The number of hydrogen-bond donors (Lipinski definition) is 1. The summed E-state index contributed by atoms with van der Waals surface area (Å²) in [7, 11) is 1.91. The van der Waals surface area contributed by atoms with Crippen LogP contribution in [0.1, 0.15) is 47.2 Å². The third-order valence-electron chi connectivity index (χ3n) is 7.26. The normalized spacial score (nSPS) is 17.1. The van der Waals surface area contributed by atoms with E-state index < -0.39 is 0 Å². The van der Waals surface area contributed by atoms with Crippen LogP contribution in [0.4, 0.5) is 11.6 Å². The van der Waals surface area contributed by atoms with Crippen LogP contribution in [0.15, 0.2) is 54.6 Å². The minimum Gasteiger partial charge on any atom is -0.354 e. The number of aryl methyl sites for hydroxylation is 1. The van der Waals surface area contributed by atoms with Gasteiger partial charge < -0.3 is 10.2 Å². The Kier molecular flexibility index (Phi) is 5.92. The zero-order valence-electron chi connectivity index (χ0n) is 21.3. The molecule has 2 aliphatic rings. The van der Waals surface area contributed by atoms with E-state index in [2.05, 4.69) is 27.3 Å². The first-order chi connectivity index (χ1) is 18.0. The summed E-state index contributed by atoms with van der Waals surface area (Å²) in [6.45, 7) is 6.15. The van der Waals surface area contributed by atoms with Gasteiger partial charge in [0.15, 0.2) is 5.82 Å². The molecular weight excluding hydrogens is 464 g/mol. The van der Waals surface area contributed by atoms with Crippen molar-refractivity contribution in [2.45, 2.75) is 45.8 Å². The van der Waals surface area contributed by atoms with Gasteiger partial charge in [0.05, 0.1) is 17.8 Å². The summed E-state index contributed by atoms with van der Waals surface area (Å²) in [5.74, 6) is 2.83. The van der Waals surface area contributed by atoms with Crippen molar-refractivity contribution >= 4 is 17.5 Å². The van der Waals surface area contributed by atoms with E-state index in [0.29, 0.717) is 42.0 Å². The van der Waals surface area contributed by atoms with Crippen LogP contribution in [0, 0.1) is 6.92 Å². The maximum absolute atomic E-state index is 13.7. The molecule has 9 nitrogen and oxygen atoms in total. The average molecular weight is 495 g/mol. The number of nitrogens with zero attached hydrogens (tertiary/aromatic N) is 7. The molecule has 4 aromatic rings. The van der Waals surface area contributed by atoms with Gasteiger partial charge >= 0.3 is 0 Å². The Morgan fingerprint density at radius 1 is 1.03 bits per heavy atom. The van der Waals surface area contributed by atoms with E-state index in [0.717, 1.165) is 48.0 Å². The molecule has 0 spiro atoms. The van der Waals surface area contributed by atoms with Crippen molar-refractivity contribution in [2.24, 2.45) is 0 Å². The monoisotopic (exact) mass is 494 g/mol. The van der Waals surface area contributed by atoms with Gasteiger partial charge in [-0.05, 0) is 64.1 Å². The molecule has 0 saturated carbocycles.